The van der Waals surface area contributed by atoms with Crippen LogP contribution >= 0.6 is 0 Å². The third-order valence-corrected chi connectivity index (χ3v) is 3.93. The van der Waals surface area contributed by atoms with Gasteiger partial charge in [-0.15, -0.1) is 0 Å². The van der Waals surface area contributed by atoms with Gasteiger partial charge in [0.2, 0.25) is 0 Å². The quantitative estimate of drug-likeness (QED) is 0.926. The van der Waals surface area contributed by atoms with Gasteiger partial charge in [-0.25, -0.2) is 4.98 Å². The molecule has 3 heteroatoms. The molecule has 0 amide bonds. The van der Waals surface area contributed by atoms with Crippen LogP contribution in [0.3, 0.4) is 0 Å². The first kappa shape index (κ1) is 12.8. The first-order chi connectivity index (χ1) is 9.86. The minimum absolute atomic E-state index is 0.483. The first-order valence-corrected chi connectivity index (χ1v) is 7.01. The average Bonchev–Trinajstić information content (AvgIpc) is 2.53. The Morgan fingerprint density at radius 3 is 2.90 bits per heavy atom. The van der Waals surface area contributed by atoms with Crippen LogP contribution in [0.2, 0.25) is 0 Å². The number of rotatable bonds is 3. The highest BCUT2D eigenvalue weighted by Gasteiger charge is 2.17. The maximum atomic E-state index is 9.05. The second-order valence-corrected chi connectivity index (χ2v) is 5.21. The van der Waals surface area contributed by atoms with Crippen molar-refractivity contribution in [3.05, 3.63) is 65.0 Å². The van der Waals surface area contributed by atoms with Crippen molar-refractivity contribution in [1.82, 2.24) is 10.3 Å². The third kappa shape index (κ3) is 2.71. The van der Waals surface area contributed by atoms with E-state index in [1.807, 2.05) is 12.1 Å². The van der Waals surface area contributed by atoms with E-state index < -0.39 is 0 Å². The molecular weight excluding hydrogens is 246 g/mol. The molecule has 100 valence electrons. The van der Waals surface area contributed by atoms with E-state index >= 15 is 0 Å². The van der Waals surface area contributed by atoms with Gasteiger partial charge in [0.1, 0.15) is 11.8 Å². The first-order valence-electron chi connectivity index (χ1n) is 7.01. The molecule has 1 N–H and O–H groups in total. The molecule has 0 aliphatic heterocycles. The zero-order valence-corrected chi connectivity index (χ0v) is 11.3. The van der Waals surface area contributed by atoms with Crippen molar-refractivity contribution in [2.75, 3.05) is 0 Å². The third-order valence-electron chi connectivity index (χ3n) is 3.93. The number of hydrogen-bond acceptors (Lipinski definition) is 3. The smallest absolute Gasteiger partial charge is 0.144 e. The highest BCUT2D eigenvalue weighted by atomic mass is 14.9. The molecule has 1 aromatic heterocycles. The topological polar surface area (TPSA) is 48.7 Å². The van der Waals surface area contributed by atoms with E-state index in [0.29, 0.717) is 18.3 Å². The molecule has 1 atom stereocenters. The number of nitrogens with one attached hydrogen (secondary N) is 1. The van der Waals surface area contributed by atoms with Gasteiger partial charge in [0.25, 0.3) is 0 Å². The number of fused-ring (bicyclic) bond motifs is 1. The Bertz CT molecular complexity index is 643. The summed E-state index contributed by atoms with van der Waals surface area (Å²) in [6.07, 6.45) is 5.02. The number of benzene rings is 1. The maximum Gasteiger partial charge on any atom is 0.144 e. The van der Waals surface area contributed by atoms with Gasteiger partial charge in [-0.1, -0.05) is 30.3 Å². The van der Waals surface area contributed by atoms with Gasteiger partial charge in [0, 0.05) is 24.3 Å². The van der Waals surface area contributed by atoms with Crippen molar-refractivity contribution in [3.8, 4) is 6.07 Å². The van der Waals surface area contributed by atoms with Gasteiger partial charge in [0.05, 0.1) is 0 Å². The number of aromatic nitrogens is 1. The van der Waals surface area contributed by atoms with Crippen LogP contribution in [0.25, 0.3) is 0 Å². The molecule has 3 nitrogen and oxygen atoms in total. The van der Waals surface area contributed by atoms with Crippen LogP contribution in [0, 0.1) is 11.3 Å². The molecule has 3 rings (SSSR count). The summed E-state index contributed by atoms with van der Waals surface area (Å²) in [6, 6.07) is 15.1. The Balaban J connectivity index is 1.65. The number of nitrogens with zero attached hydrogens (tertiary/aromatic N) is 2. The summed E-state index contributed by atoms with van der Waals surface area (Å²) in [4.78, 5) is 4.10. The molecule has 0 saturated heterocycles. The molecule has 2 aromatic rings. The molecule has 1 aliphatic rings. The lowest BCUT2D eigenvalue weighted by molar-refractivity contribution is 0.457. The summed E-state index contributed by atoms with van der Waals surface area (Å²) >= 11 is 0. The van der Waals surface area contributed by atoms with E-state index in [1.165, 1.54) is 11.1 Å². The number of hydrogen-bond donors (Lipinski definition) is 1. The lowest BCUT2D eigenvalue weighted by Gasteiger charge is -2.25. The van der Waals surface area contributed by atoms with E-state index in [2.05, 4.69) is 40.6 Å². The SMILES string of the molecule is N#Cc1ncccc1CNC1CCc2ccccc2C1. The van der Waals surface area contributed by atoms with E-state index in [4.69, 9.17) is 5.26 Å². The van der Waals surface area contributed by atoms with Gasteiger partial charge in [-0.2, -0.15) is 5.26 Å². The van der Waals surface area contributed by atoms with Gasteiger partial charge in [0.15, 0.2) is 0 Å². The van der Waals surface area contributed by atoms with Gasteiger partial charge in [-0.3, -0.25) is 0 Å². The van der Waals surface area contributed by atoms with Crippen molar-refractivity contribution < 1.29 is 0 Å². The van der Waals surface area contributed by atoms with E-state index in [1.54, 1.807) is 6.20 Å². The Labute approximate surface area is 119 Å². The second kappa shape index (κ2) is 5.85. The monoisotopic (exact) mass is 263 g/mol. The summed E-state index contributed by atoms with van der Waals surface area (Å²) in [5.74, 6) is 0. The molecule has 1 aliphatic carbocycles. The van der Waals surface area contributed by atoms with Crippen LogP contribution < -0.4 is 5.32 Å². The molecule has 0 fully saturated rings. The minimum Gasteiger partial charge on any atom is -0.309 e. The van der Waals surface area contributed by atoms with Crippen LogP contribution in [0.5, 0.6) is 0 Å². The Kier molecular flexibility index (Phi) is 3.76. The highest BCUT2D eigenvalue weighted by Crippen LogP contribution is 2.21. The molecule has 0 bridgehead atoms. The number of nitriles is 1. The van der Waals surface area contributed by atoms with E-state index in [0.717, 1.165) is 24.8 Å². The summed E-state index contributed by atoms with van der Waals surface area (Å²) < 4.78 is 0. The van der Waals surface area contributed by atoms with Crippen LogP contribution in [0.1, 0.15) is 28.8 Å². The van der Waals surface area contributed by atoms with Crippen molar-refractivity contribution in [2.24, 2.45) is 0 Å². The van der Waals surface area contributed by atoms with Crippen molar-refractivity contribution in [2.45, 2.75) is 31.8 Å². The second-order valence-electron chi connectivity index (χ2n) is 5.21. The molecule has 1 unspecified atom stereocenters. The zero-order chi connectivity index (χ0) is 13.8. The van der Waals surface area contributed by atoms with Crippen LogP contribution in [-0.4, -0.2) is 11.0 Å². The maximum absolute atomic E-state index is 9.05. The standard InChI is InChI=1S/C17H17N3/c18-11-17-15(6-3-9-19-17)12-20-16-8-7-13-4-1-2-5-14(13)10-16/h1-6,9,16,20H,7-8,10,12H2. The Hall–Kier alpha value is -2.18. The van der Waals surface area contributed by atoms with Gasteiger partial charge < -0.3 is 5.32 Å². The minimum atomic E-state index is 0.483. The normalized spacial score (nSPS) is 17.2. The fraction of sp³-hybridized carbons (Fsp3) is 0.294. The Morgan fingerprint density at radius 2 is 2.05 bits per heavy atom. The molecule has 0 spiro atoms. The highest BCUT2D eigenvalue weighted by molar-refractivity contribution is 5.32. The van der Waals surface area contributed by atoms with Crippen molar-refractivity contribution >= 4 is 0 Å². The Morgan fingerprint density at radius 1 is 1.20 bits per heavy atom. The van der Waals surface area contributed by atoms with Crippen LogP contribution in [-0.2, 0) is 19.4 Å². The molecule has 20 heavy (non-hydrogen) atoms. The predicted molar refractivity (Wildman–Crippen MR) is 78.0 cm³/mol. The van der Waals surface area contributed by atoms with E-state index in [-0.39, 0.29) is 0 Å². The summed E-state index contributed by atoms with van der Waals surface area (Å²) in [5, 5.41) is 12.6. The summed E-state index contributed by atoms with van der Waals surface area (Å²) in [6.45, 7) is 0.712. The van der Waals surface area contributed by atoms with Crippen LogP contribution in [0.4, 0.5) is 0 Å². The average molecular weight is 263 g/mol. The predicted octanol–water partition coefficient (Wildman–Crippen LogP) is 2.60. The van der Waals surface area contributed by atoms with Crippen molar-refractivity contribution in [3.63, 3.8) is 0 Å². The van der Waals surface area contributed by atoms with Gasteiger partial charge in [-0.05, 0) is 36.5 Å². The molecule has 0 radical (unpaired) electrons. The molecule has 1 heterocycles. The van der Waals surface area contributed by atoms with E-state index in [9.17, 15) is 0 Å². The largest absolute Gasteiger partial charge is 0.309 e. The fourth-order valence-electron chi connectivity index (χ4n) is 2.81. The lowest BCUT2D eigenvalue weighted by atomic mass is 9.88. The van der Waals surface area contributed by atoms with Gasteiger partial charge >= 0.3 is 0 Å². The molecule has 1 aromatic carbocycles. The molecular formula is C17H17N3. The summed E-state index contributed by atoms with van der Waals surface area (Å²) in [5.41, 5.74) is 4.43. The zero-order valence-electron chi connectivity index (χ0n) is 11.3. The number of aryl methyl sites for hydroxylation is 1. The fourth-order valence-corrected chi connectivity index (χ4v) is 2.81. The lowest BCUT2D eigenvalue weighted by Crippen LogP contribution is -2.34. The van der Waals surface area contributed by atoms with Crippen molar-refractivity contribution in [1.29, 1.82) is 5.26 Å². The number of pyridine rings is 1. The van der Waals surface area contributed by atoms with Crippen LogP contribution in [0.15, 0.2) is 42.6 Å². The summed E-state index contributed by atoms with van der Waals surface area (Å²) in [7, 11) is 0. The molecule has 0 saturated carbocycles.